The first-order chi connectivity index (χ1) is 10.2. The van der Waals surface area contributed by atoms with Gasteiger partial charge in [0.05, 0.1) is 0 Å². The third-order valence-electron chi connectivity index (χ3n) is 3.86. The third kappa shape index (κ3) is 1.98. The van der Waals surface area contributed by atoms with Crippen molar-refractivity contribution in [2.24, 2.45) is 0 Å². The van der Waals surface area contributed by atoms with E-state index in [1.807, 2.05) is 30.3 Å². The summed E-state index contributed by atoms with van der Waals surface area (Å²) in [5.41, 5.74) is 1.86. The highest BCUT2D eigenvalue weighted by molar-refractivity contribution is 6.82. The van der Waals surface area contributed by atoms with Crippen LogP contribution in [0, 0.1) is 0 Å². The second-order valence-corrected chi connectivity index (χ2v) is 7.63. The molecule has 2 aliphatic carbocycles. The molecule has 1 aromatic rings. The Morgan fingerprint density at radius 1 is 0.905 bits per heavy atom. The fourth-order valence-corrected chi connectivity index (χ4v) is 5.13. The van der Waals surface area contributed by atoms with Crippen molar-refractivity contribution in [1.82, 2.24) is 0 Å². The van der Waals surface area contributed by atoms with E-state index in [0.717, 1.165) is 26.8 Å². The van der Waals surface area contributed by atoms with Crippen molar-refractivity contribution in [3.8, 4) is 0 Å². The molecule has 0 amide bonds. The van der Waals surface area contributed by atoms with E-state index in [-0.39, 0.29) is 5.78 Å². The number of hydrogen-bond donors (Lipinski definition) is 0. The Kier molecular flexibility index (Phi) is 3.50. The lowest BCUT2D eigenvalue weighted by atomic mass is 10.0. The van der Waals surface area contributed by atoms with Crippen LogP contribution in [0.15, 0.2) is 48.1 Å². The summed E-state index contributed by atoms with van der Waals surface area (Å²) in [6, 6.07) is 7.98. The topological polar surface area (TPSA) is 44.8 Å². The van der Waals surface area contributed by atoms with Crippen molar-refractivity contribution in [3.63, 3.8) is 0 Å². The molecule has 2 aliphatic rings. The van der Waals surface area contributed by atoms with Crippen LogP contribution in [0.5, 0.6) is 0 Å². The SMILES string of the molecule is CO[Si](OC)(OC)C1=c2ccccc2=C2C=CC(=O)C=C21. The minimum Gasteiger partial charge on any atom is -0.373 e. The van der Waals surface area contributed by atoms with Crippen molar-refractivity contribution in [3.05, 3.63) is 58.5 Å². The van der Waals surface area contributed by atoms with E-state index in [2.05, 4.69) is 0 Å². The molecule has 1 aromatic carbocycles. The first-order valence-electron chi connectivity index (χ1n) is 6.61. The maximum Gasteiger partial charge on any atom is 0.537 e. The first kappa shape index (κ1) is 14.2. The molecule has 3 rings (SSSR count). The Balaban J connectivity index is 2.42. The minimum atomic E-state index is -3.03. The van der Waals surface area contributed by atoms with E-state index in [0.29, 0.717) is 0 Å². The van der Waals surface area contributed by atoms with Crippen LogP contribution in [-0.2, 0) is 18.1 Å². The predicted molar refractivity (Wildman–Crippen MR) is 81.5 cm³/mol. The number of rotatable bonds is 4. The van der Waals surface area contributed by atoms with Gasteiger partial charge in [-0.1, -0.05) is 24.3 Å². The van der Waals surface area contributed by atoms with Crippen molar-refractivity contribution >= 4 is 25.4 Å². The van der Waals surface area contributed by atoms with Gasteiger partial charge in [-0.3, -0.25) is 4.79 Å². The highest BCUT2D eigenvalue weighted by atomic mass is 28.4. The minimum absolute atomic E-state index is 0.0368. The molecule has 0 radical (unpaired) electrons. The lowest BCUT2D eigenvalue weighted by Crippen LogP contribution is -2.48. The van der Waals surface area contributed by atoms with Crippen molar-refractivity contribution < 1.29 is 18.1 Å². The van der Waals surface area contributed by atoms with Gasteiger partial charge in [-0.25, -0.2) is 0 Å². The molecule has 0 saturated carbocycles. The zero-order valence-corrected chi connectivity index (χ0v) is 13.2. The number of ketones is 1. The van der Waals surface area contributed by atoms with Gasteiger partial charge >= 0.3 is 8.80 Å². The fourth-order valence-electron chi connectivity index (χ4n) is 2.93. The van der Waals surface area contributed by atoms with Crippen molar-refractivity contribution in [2.45, 2.75) is 0 Å². The number of carbonyl (C=O) groups excluding carboxylic acids is 1. The average molecular weight is 300 g/mol. The summed E-state index contributed by atoms with van der Waals surface area (Å²) in [5, 5.41) is 2.94. The lowest BCUT2D eigenvalue weighted by Gasteiger charge is -2.27. The number of hydrogen-bond acceptors (Lipinski definition) is 4. The highest BCUT2D eigenvalue weighted by Gasteiger charge is 2.47. The van der Waals surface area contributed by atoms with Crippen LogP contribution in [0.3, 0.4) is 0 Å². The van der Waals surface area contributed by atoms with Gasteiger partial charge in [-0.05, 0) is 39.8 Å². The molecule has 21 heavy (non-hydrogen) atoms. The molecule has 108 valence electrons. The van der Waals surface area contributed by atoms with E-state index < -0.39 is 8.80 Å². The van der Waals surface area contributed by atoms with Gasteiger partial charge < -0.3 is 13.3 Å². The highest BCUT2D eigenvalue weighted by Crippen LogP contribution is 2.34. The predicted octanol–water partition coefficient (Wildman–Crippen LogP) is 0.484. The standard InChI is InChI=1S/C16H16O4Si/c1-18-21(19-2,20-3)16-14-7-5-4-6-12(14)13-9-8-11(17)10-15(13)16/h4-10H,1-3H3. The summed E-state index contributed by atoms with van der Waals surface area (Å²) in [7, 11) is 1.70. The Morgan fingerprint density at radius 3 is 2.14 bits per heavy atom. The van der Waals surface area contributed by atoms with E-state index in [1.54, 1.807) is 33.5 Å². The Morgan fingerprint density at radius 2 is 1.52 bits per heavy atom. The maximum absolute atomic E-state index is 11.8. The zero-order valence-electron chi connectivity index (χ0n) is 12.2. The largest absolute Gasteiger partial charge is 0.537 e. The second kappa shape index (κ2) is 5.20. The first-order valence-corrected chi connectivity index (χ1v) is 8.33. The quantitative estimate of drug-likeness (QED) is 0.759. The van der Waals surface area contributed by atoms with Crippen LogP contribution in [0.2, 0.25) is 0 Å². The maximum atomic E-state index is 11.8. The molecule has 5 heteroatoms. The molecule has 0 heterocycles. The molecule has 0 aromatic heterocycles. The molecular formula is C16H16O4Si. The monoisotopic (exact) mass is 300 g/mol. The molecule has 4 nitrogen and oxygen atoms in total. The molecule has 0 saturated heterocycles. The second-order valence-electron chi connectivity index (χ2n) is 4.80. The van der Waals surface area contributed by atoms with Gasteiger partial charge in [-0.15, -0.1) is 0 Å². The molecule has 0 spiro atoms. The summed E-state index contributed by atoms with van der Waals surface area (Å²) in [6.07, 6.45) is 5.06. The van der Waals surface area contributed by atoms with Crippen LogP contribution >= 0.6 is 0 Å². The van der Waals surface area contributed by atoms with Gasteiger partial charge in [-0.2, -0.15) is 0 Å². The van der Waals surface area contributed by atoms with E-state index in [4.69, 9.17) is 13.3 Å². The van der Waals surface area contributed by atoms with Gasteiger partial charge in [0, 0.05) is 26.5 Å². The van der Waals surface area contributed by atoms with Crippen LogP contribution in [-0.4, -0.2) is 35.9 Å². The smallest absolute Gasteiger partial charge is 0.373 e. The van der Waals surface area contributed by atoms with E-state index in [9.17, 15) is 4.79 Å². The summed E-state index contributed by atoms with van der Waals surface area (Å²) in [6.45, 7) is 0. The Hall–Kier alpha value is -1.79. The third-order valence-corrected chi connectivity index (χ3v) is 6.62. The van der Waals surface area contributed by atoms with Crippen LogP contribution in [0.4, 0.5) is 0 Å². The number of allylic oxidation sites excluding steroid dienone is 4. The van der Waals surface area contributed by atoms with Gasteiger partial charge in [0.15, 0.2) is 5.78 Å². The summed E-state index contributed by atoms with van der Waals surface area (Å²) in [4.78, 5) is 11.8. The van der Waals surface area contributed by atoms with Crippen molar-refractivity contribution in [2.75, 3.05) is 21.3 Å². The average Bonchev–Trinajstić information content (AvgIpc) is 2.84. The number of carbonyl (C=O) groups is 1. The van der Waals surface area contributed by atoms with Crippen LogP contribution in [0.1, 0.15) is 0 Å². The van der Waals surface area contributed by atoms with Gasteiger partial charge in [0.2, 0.25) is 0 Å². The molecule has 0 fully saturated rings. The van der Waals surface area contributed by atoms with Crippen LogP contribution < -0.4 is 10.4 Å². The summed E-state index contributed by atoms with van der Waals surface area (Å²) < 4.78 is 16.9. The molecular weight excluding hydrogens is 284 g/mol. The number of benzene rings is 1. The van der Waals surface area contributed by atoms with Gasteiger partial charge in [0.25, 0.3) is 0 Å². The van der Waals surface area contributed by atoms with Crippen LogP contribution in [0.25, 0.3) is 10.8 Å². The Bertz CT molecular complexity index is 776. The molecule has 0 atom stereocenters. The van der Waals surface area contributed by atoms with E-state index in [1.165, 1.54) is 0 Å². The zero-order chi connectivity index (χ0) is 15.0. The summed E-state index contributed by atoms with van der Waals surface area (Å²) >= 11 is 0. The number of fused-ring (bicyclic) bond motifs is 2. The molecule has 0 unspecified atom stereocenters. The van der Waals surface area contributed by atoms with E-state index >= 15 is 0 Å². The van der Waals surface area contributed by atoms with Crippen molar-refractivity contribution in [1.29, 1.82) is 0 Å². The fraction of sp³-hybridized carbons (Fsp3) is 0.188. The molecule has 0 bridgehead atoms. The summed E-state index contributed by atoms with van der Waals surface area (Å²) in [5.74, 6) is -0.0368. The molecule has 0 N–H and O–H groups in total. The lowest BCUT2D eigenvalue weighted by molar-refractivity contribution is -0.110. The normalized spacial score (nSPS) is 16.9. The van der Waals surface area contributed by atoms with Gasteiger partial charge in [0.1, 0.15) is 0 Å². The Labute approximate surface area is 124 Å². The molecule has 0 aliphatic heterocycles.